The Bertz CT molecular complexity index is 324. The maximum atomic E-state index is 11.3. The van der Waals surface area contributed by atoms with Crippen LogP contribution >= 0.6 is 0 Å². The molecule has 0 heterocycles. The molecule has 3 nitrogen and oxygen atoms in total. The molecule has 1 aromatic carbocycles. The molecule has 0 bridgehead atoms. The van der Waals surface area contributed by atoms with E-state index in [4.69, 9.17) is 4.74 Å². The summed E-state index contributed by atoms with van der Waals surface area (Å²) in [4.78, 5) is 11.3. The van der Waals surface area contributed by atoms with Gasteiger partial charge in [-0.3, -0.25) is 4.79 Å². The average Bonchev–Trinajstić information content (AvgIpc) is 2.13. The SMILES string of the molecule is CCCCC(=O)Oc1cc(C)cc(O)c1. The van der Waals surface area contributed by atoms with Crippen LogP contribution in [0.15, 0.2) is 18.2 Å². The number of hydrogen-bond donors (Lipinski definition) is 1. The van der Waals surface area contributed by atoms with Crippen molar-refractivity contribution in [2.45, 2.75) is 33.1 Å². The summed E-state index contributed by atoms with van der Waals surface area (Å²) in [7, 11) is 0. The van der Waals surface area contributed by atoms with Gasteiger partial charge >= 0.3 is 5.97 Å². The van der Waals surface area contributed by atoms with E-state index in [-0.39, 0.29) is 11.7 Å². The van der Waals surface area contributed by atoms with Gasteiger partial charge in [0.2, 0.25) is 0 Å². The number of carbonyl (C=O) groups excluding carboxylic acids is 1. The largest absolute Gasteiger partial charge is 0.508 e. The van der Waals surface area contributed by atoms with Crippen molar-refractivity contribution in [1.82, 2.24) is 0 Å². The van der Waals surface area contributed by atoms with Crippen LogP contribution in [0.5, 0.6) is 11.5 Å². The van der Waals surface area contributed by atoms with Crippen LogP contribution in [-0.2, 0) is 4.79 Å². The van der Waals surface area contributed by atoms with Gasteiger partial charge in [0.25, 0.3) is 0 Å². The first-order chi connectivity index (χ1) is 7.11. The number of carbonyl (C=O) groups is 1. The monoisotopic (exact) mass is 208 g/mol. The van der Waals surface area contributed by atoms with Gasteiger partial charge in [-0.2, -0.15) is 0 Å². The van der Waals surface area contributed by atoms with E-state index >= 15 is 0 Å². The molecule has 0 fully saturated rings. The number of aryl methyl sites for hydroxylation is 1. The van der Waals surface area contributed by atoms with Gasteiger partial charge in [0.15, 0.2) is 0 Å². The standard InChI is InChI=1S/C12H16O3/c1-3-4-5-12(14)15-11-7-9(2)6-10(13)8-11/h6-8,13H,3-5H2,1-2H3. The summed E-state index contributed by atoms with van der Waals surface area (Å²) in [5.74, 6) is 0.281. The fraction of sp³-hybridized carbons (Fsp3) is 0.417. The lowest BCUT2D eigenvalue weighted by molar-refractivity contribution is -0.134. The Labute approximate surface area is 89.7 Å². The Morgan fingerprint density at radius 2 is 2.13 bits per heavy atom. The third kappa shape index (κ3) is 4.02. The first-order valence-corrected chi connectivity index (χ1v) is 5.13. The fourth-order valence-electron chi connectivity index (χ4n) is 1.29. The van der Waals surface area contributed by atoms with Gasteiger partial charge in [0, 0.05) is 12.5 Å². The van der Waals surface area contributed by atoms with E-state index in [9.17, 15) is 9.90 Å². The van der Waals surface area contributed by atoms with E-state index in [1.54, 1.807) is 12.1 Å². The Hall–Kier alpha value is -1.51. The average molecular weight is 208 g/mol. The van der Waals surface area contributed by atoms with Crippen LogP contribution in [0.4, 0.5) is 0 Å². The highest BCUT2D eigenvalue weighted by Crippen LogP contribution is 2.21. The molecule has 0 saturated heterocycles. The lowest BCUT2D eigenvalue weighted by Gasteiger charge is -2.05. The van der Waals surface area contributed by atoms with E-state index in [2.05, 4.69) is 0 Å². The number of esters is 1. The molecule has 0 aliphatic heterocycles. The molecule has 1 N–H and O–H groups in total. The normalized spacial score (nSPS) is 10.0. The van der Waals surface area contributed by atoms with Crippen molar-refractivity contribution in [3.8, 4) is 11.5 Å². The summed E-state index contributed by atoms with van der Waals surface area (Å²) in [6.07, 6.45) is 2.22. The highest BCUT2D eigenvalue weighted by molar-refractivity contribution is 5.72. The molecule has 0 atom stereocenters. The van der Waals surface area contributed by atoms with E-state index < -0.39 is 0 Å². The molecule has 1 aromatic rings. The van der Waals surface area contributed by atoms with Gasteiger partial charge in [-0.1, -0.05) is 13.3 Å². The minimum atomic E-state index is -0.248. The highest BCUT2D eigenvalue weighted by atomic mass is 16.5. The van der Waals surface area contributed by atoms with Crippen molar-refractivity contribution in [3.05, 3.63) is 23.8 Å². The lowest BCUT2D eigenvalue weighted by atomic mass is 10.2. The van der Waals surface area contributed by atoms with Gasteiger partial charge in [-0.15, -0.1) is 0 Å². The maximum Gasteiger partial charge on any atom is 0.311 e. The van der Waals surface area contributed by atoms with E-state index in [0.717, 1.165) is 18.4 Å². The summed E-state index contributed by atoms with van der Waals surface area (Å²) < 4.78 is 5.08. The topological polar surface area (TPSA) is 46.5 Å². The number of benzene rings is 1. The third-order valence-electron chi connectivity index (χ3n) is 2.00. The number of unbranched alkanes of at least 4 members (excludes halogenated alkanes) is 1. The number of phenolic OH excluding ortho intramolecular Hbond substituents is 1. The summed E-state index contributed by atoms with van der Waals surface area (Å²) in [6, 6.07) is 4.78. The first-order valence-electron chi connectivity index (χ1n) is 5.13. The van der Waals surface area contributed by atoms with E-state index in [1.807, 2.05) is 13.8 Å². The van der Waals surface area contributed by atoms with Crippen molar-refractivity contribution < 1.29 is 14.6 Å². The van der Waals surface area contributed by atoms with Gasteiger partial charge in [-0.05, 0) is 31.0 Å². The first kappa shape index (κ1) is 11.6. The van der Waals surface area contributed by atoms with Crippen molar-refractivity contribution in [3.63, 3.8) is 0 Å². The van der Waals surface area contributed by atoms with Crippen LogP contribution in [0.1, 0.15) is 31.7 Å². The number of rotatable bonds is 4. The molecule has 15 heavy (non-hydrogen) atoms. The highest BCUT2D eigenvalue weighted by Gasteiger charge is 2.05. The summed E-state index contributed by atoms with van der Waals surface area (Å²) in [5.41, 5.74) is 0.869. The van der Waals surface area contributed by atoms with Crippen LogP contribution in [0.25, 0.3) is 0 Å². The Kier molecular flexibility index (Phi) is 4.16. The van der Waals surface area contributed by atoms with E-state index in [1.165, 1.54) is 6.07 Å². The fourth-order valence-corrected chi connectivity index (χ4v) is 1.29. The van der Waals surface area contributed by atoms with E-state index in [0.29, 0.717) is 12.2 Å². The second kappa shape index (κ2) is 5.39. The molecule has 82 valence electrons. The summed E-state index contributed by atoms with van der Waals surface area (Å²) >= 11 is 0. The number of hydrogen-bond acceptors (Lipinski definition) is 3. The Morgan fingerprint density at radius 1 is 1.40 bits per heavy atom. The molecule has 0 radical (unpaired) electrons. The van der Waals surface area contributed by atoms with Gasteiger partial charge in [0.05, 0.1) is 0 Å². The van der Waals surface area contributed by atoms with Crippen LogP contribution in [0, 0.1) is 6.92 Å². The molecule has 0 unspecified atom stereocenters. The van der Waals surface area contributed by atoms with Crippen LogP contribution in [0.3, 0.4) is 0 Å². The number of phenols is 1. The van der Waals surface area contributed by atoms with Gasteiger partial charge in [-0.25, -0.2) is 0 Å². The predicted molar refractivity (Wildman–Crippen MR) is 58.0 cm³/mol. The minimum absolute atomic E-state index is 0.119. The van der Waals surface area contributed by atoms with Gasteiger partial charge < -0.3 is 9.84 Å². The molecule has 0 aliphatic carbocycles. The zero-order valence-electron chi connectivity index (χ0n) is 9.12. The molecule has 3 heteroatoms. The quantitative estimate of drug-likeness (QED) is 0.611. The number of aromatic hydroxyl groups is 1. The molecule has 0 saturated carbocycles. The smallest absolute Gasteiger partial charge is 0.311 e. The zero-order valence-corrected chi connectivity index (χ0v) is 9.12. The second-order valence-electron chi connectivity index (χ2n) is 3.58. The van der Waals surface area contributed by atoms with Gasteiger partial charge in [0.1, 0.15) is 11.5 Å². The second-order valence-corrected chi connectivity index (χ2v) is 3.58. The molecule has 1 rings (SSSR count). The van der Waals surface area contributed by atoms with Crippen molar-refractivity contribution in [2.75, 3.05) is 0 Å². The minimum Gasteiger partial charge on any atom is -0.508 e. The Morgan fingerprint density at radius 3 is 2.73 bits per heavy atom. The maximum absolute atomic E-state index is 11.3. The van der Waals surface area contributed by atoms with Crippen molar-refractivity contribution >= 4 is 5.97 Å². The van der Waals surface area contributed by atoms with Crippen LogP contribution in [0.2, 0.25) is 0 Å². The number of ether oxygens (including phenoxy) is 1. The summed E-state index contributed by atoms with van der Waals surface area (Å²) in [6.45, 7) is 3.86. The van der Waals surface area contributed by atoms with Crippen molar-refractivity contribution in [2.24, 2.45) is 0 Å². The van der Waals surface area contributed by atoms with Crippen molar-refractivity contribution in [1.29, 1.82) is 0 Å². The zero-order chi connectivity index (χ0) is 11.3. The molecule has 0 spiro atoms. The van der Waals surface area contributed by atoms with Crippen LogP contribution in [-0.4, -0.2) is 11.1 Å². The molecular formula is C12H16O3. The lowest BCUT2D eigenvalue weighted by Crippen LogP contribution is -2.07. The molecule has 0 amide bonds. The predicted octanol–water partition coefficient (Wildman–Crippen LogP) is 2.80. The van der Waals surface area contributed by atoms with Crippen LogP contribution < -0.4 is 4.74 Å². The Balaban J connectivity index is 2.60. The molecule has 0 aliphatic rings. The molecule has 0 aromatic heterocycles. The molecular weight excluding hydrogens is 192 g/mol. The third-order valence-corrected chi connectivity index (χ3v) is 2.00. The summed E-state index contributed by atoms with van der Waals surface area (Å²) in [5, 5.41) is 9.29.